The fraction of sp³-hybridized carbons (Fsp3) is 0.583. The summed E-state index contributed by atoms with van der Waals surface area (Å²) in [6, 6.07) is 3.85. The Bertz CT molecular complexity index is 278. The van der Waals surface area contributed by atoms with Crippen molar-refractivity contribution in [3.8, 4) is 0 Å². The van der Waals surface area contributed by atoms with E-state index in [1.165, 1.54) is 5.75 Å². The first-order valence-corrected chi connectivity index (χ1v) is 7.38. The van der Waals surface area contributed by atoms with Gasteiger partial charge < -0.3 is 0 Å². The minimum Gasteiger partial charge on any atom is -0.293 e. The largest absolute Gasteiger partial charge is 0.293 e. The molecule has 1 rings (SSSR count). The summed E-state index contributed by atoms with van der Waals surface area (Å²) in [7, 11) is 0. The highest BCUT2D eigenvalue weighted by molar-refractivity contribution is 7.99. The second-order valence-electron chi connectivity index (χ2n) is 3.97. The Balaban J connectivity index is 2.08. The van der Waals surface area contributed by atoms with Crippen molar-refractivity contribution in [2.24, 2.45) is 5.92 Å². The maximum Gasteiger partial charge on any atom is 0.172 e. The third-order valence-electron chi connectivity index (χ3n) is 1.94. The van der Waals surface area contributed by atoms with Crippen LogP contribution in [-0.2, 0) is 0 Å². The molecule has 1 aromatic heterocycles. The number of thiophene rings is 1. The van der Waals surface area contributed by atoms with Gasteiger partial charge in [0.2, 0.25) is 0 Å². The number of carbonyl (C=O) groups excluding carboxylic acids is 1. The second-order valence-corrected chi connectivity index (χ2v) is 6.07. The maximum absolute atomic E-state index is 11.6. The van der Waals surface area contributed by atoms with Gasteiger partial charge in [0.1, 0.15) is 0 Å². The zero-order valence-electron chi connectivity index (χ0n) is 9.36. The fourth-order valence-corrected chi connectivity index (χ4v) is 2.90. The summed E-state index contributed by atoms with van der Waals surface area (Å²) < 4.78 is 0. The molecule has 0 spiro atoms. The lowest BCUT2D eigenvalue weighted by Crippen LogP contribution is -1.98. The smallest absolute Gasteiger partial charge is 0.172 e. The summed E-state index contributed by atoms with van der Waals surface area (Å²) in [5.74, 6) is 3.36. The van der Waals surface area contributed by atoms with E-state index in [9.17, 15) is 4.79 Å². The SMILES string of the molecule is CC(C)CSCCCC(=O)c1cccs1. The lowest BCUT2D eigenvalue weighted by Gasteiger charge is -2.03. The van der Waals surface area contributed by atoms with Crippen LogP contribution in [0.1, 0.15) is 36.4 Å². The molecule has 1 heterocycles. The van der Waals surface area contributed by atoms with Crippen molar-refractivity contribution < 1.29 is 4.79 Å². The maximum atomic E-state index is 11.6. The summed E-state index contributed by atoms with van der Waals surface area (Å²) in [6.45, 7) is 4.45. The van der Waals surface area contributed by atoms with E-state index in [1.54, 1.807) is 11.3 Å². The third kappa shape index (κ3) is 5.38. The molecule has 3 heteroatoms. The van der Waals surface area contributed by atoms with Crippen LogP contribution in [0.15, 0.2) is 17.5 Å². The van der Waals surface area contributed by atoms with Crippen molar-refractivity contribution in [2.75, 3.05) is 11.5 Å². The Morgan fingerprint density at radius 1 is 1.53 bits per heavy atom. The van der Waals surface area contributed by atoms with Crippen molar-refractivity contribution in [1.82, 2.24) is 0 Å². The van der Waals surface area contributed by atoms with Crippen molar-refractivity contribution in [2.45, 2.75) is 26.7 Å². The number of Topliss-reactive ketones (excluding diaryl/α,β-unsaturated/α-hetero) is 1. The van der Waals surface area contributed by atoms with Crippen LogP contribution in [0.25, 0.3) is 0 Å². The highest BCUT2D eigenvalue weighted by Gasteiger charge is 2.05. The van der Waals surface area contributed by atoms with E-state index in [2.05, 4.69) is 13.8 Å². The van der Waals surface area contributed by atoms with Crippen LogP contribution in [0.4, 0.5) is 0 Å². The zero-order valence-corrected chi connectivity index (χ0v) is 11.0. The van der Waals surface area contributed by atoms with Crippen LogP contribution in [0.3, 0.4) is 0 Å². The van der Waals surface area contributed by atoms with Crippen LogP contribution >= 0.6 is 23.1 Å². The number of hydrogen-bond acceptors (Lipinski definition) is 3. The molecule has 0 aliphatic rings. The molecule has 0 radical (unpaired) electrons. The zero-order chi connectivity index (χ0) is 11.1. The molecule has 0 saturated carbocycles. The van der Waals surface area contributed by atoms with Crippen LogP contribution in [0.5, 0.6) is 0 Å². The monoisotopic (exact) mass is 242 g/mol. The van der Waals surface area contributed by atoms with E-state index < -0.39 is 0 Å². The molecule has 0 unspecified atom stereocenters. The van der Waals surface area contributed by atoms with E-state index in [-0.39, 0.29) is 0 Å². The molecule has 0 aromatic carbocycles. The summed E-state index contributed by atoms with van der Waals surface area (Å²) in [5.41, 5.74) is 0. The molecular weight excluding hydrogens is 224 g/mol. The summed E-state index contributed by atoms with van der Waals surface area (Å²) in [6.07, 6.45) is 1.71. The van der Waals surface area contributed by atoms with Gasteiger partial charge in [-0.05, 0) is 35.3 Å². The number of hydrogen-bond donors (Lipinski definition) is 0. The Kier molecular flexibility index (Phi) is 6.03. The molecule has 0 N–H and O–H groups in total. The topological polar surface area (TPSA) is 17.1 Å². The van der Waals surface area contributed by atoms with Crippen molar-refractivity contribution >= 4 is 28.9 Å². The molecule has 0 aliphatic carbocycles. The summed E-state index contributed by atoms with van der Waals surface area (Å²) >= 11 is 3.50. The molecule has 0 amide bonds. The summed E-state index contributed by atoms with van der Waals surface area (Å²) in [5, 5.41) is 1.96. The predicted molar refractivity (Wildman–Crippen MR) is 70.0 cm³/mol. The molecule has 0 atom stereocenters. The van der Waals surface area contributed by atoms with Gasteiger partial charge in [-0.1, -0.05) is 19.9 Å². The van der Waals surface area contributed by atoms with Gasteiger partial charge in [0, 0.05) is 6.42 Å². The second kappa shape index (κ2) is 7.07. The molecule has 1 nitrogen and oxygen atoms in total. The molecule has 0 saturated heterocycles. The molecule has 84 valence electrons. The Hall–Kier alpha value is -0.280. The van der Waals surface area contributed by atoms with Crippen LogP contribution in [0.2, 0.25) is 0 Å². The number of ketones is 1. The minimum atomic E-state index is 0.301. The molecular formula is C12H18OS2. The van der Waals surface area contributed by atoms with Crippen molar-refractivity contribution in [3.63, 3.8) is 0 Å². The van der Waals surface area contributed by atoms with E-state index in [0.717, 1.165) is 23.0 Å². The first kappa shape index (κ1) is 12.8. The Labute approximate surface area is 100 Å². The van der Waals surface area contributed by atoms with Gasteiger partial charge in [0.05, 0.1) is 4.88 Å². The van der Waals surface area contributed by atoms with Gasteiger partial charge in [-0.3, -0.25) is 4.79 Å². The standard InChI is InChI=1S/C12H18OS2/c1-10(2)9-14-7-3-5-11(13)12-6-4-8-15-12/h4,6,8,10H,3,5,7,9H2,1-2H3. The Morgan fingerprint density at radius 3 is 2.93 bits per heavy atom. The van der Waals surface area contributed by atoms with E-state index >= 15 is 0 Å². The minimum absolute atomic E-state index is 0.301. The predicted octanol–water partition coefficient (Wildman–Crippen LogP) is 4.10. The van der Waals surface area contributed by atoms with Gasteiger partial charge in [-0.25, -0.2) is 0 Å². The molecule has 0 fully saturated rings. The highest BCUT2D eigenvalue weighted by Crippen LogP contribution is 2.14. The van der Waals surface area contributed by atoms with Crippen LogP contribution < -0.4 is 0 Å². The average molecular weight is 242 g/mol. The van der Waals surface area contributed by atoms with Crippen molar-refractivity contribution in [1.29, 1.82) is 0 Å². The highest BCUT2D eigenvalue weighted by atomic mass is 32.2. The Morgan fingerprint density at radius 2 is 2.33 bits per heavy atom. The van der Waals surface area contributed by atoms with Gasteiger partial charge in [-0.15, -0.1) is 11.3 Å². The van der Waals surface area contributed by atoms with Gasteiger partial charge in [0.25, 0.3) is 0 Å². The van der Waals surface area contributed by atoms with E-state index in [1.807, 2.05) is 29.3 Å². The molecule has 0 bridgehead atoms. The molecule has 0 aliphatic heterocycles. The molecule has 1 aromatic rings. The summed E-state index contributed by atoms with van der Waals surface area (Å²) in [4.78, 5) is 12.5. The number of carbonyl (C=O) groups is 1. The normalized spacial score (nSPS) is 10.9. The lowest BCUT2D eigenvalue weighted by atomic mass is 10.2. The van der Waals surface area contributed by atoms with Crippen LogP contribution in [0, 0.1) is 5.92 Å². The number of rotatable bonds is 7. The fourth-order valence-electron chi connectivity index (χ4n) is 1.21. The van der Waals surface area contributed by atoms with Gasteiger partial charge in [-0.2, -0.15) is 11.8 Å². The lowest BCUT2D eigenvalue weighted by molar-refractivity contribution is 0.0986. The molecule has 15 heavy (non-hydrogen) atoms. The van der Waals surface area contributed by atoms with Crippen molar-refractivity contribution in [3.05, 3.63) is 22.4 Å². The first-order valence-electron chi connectivity index (χ1n) is 5.34. The van der Waals surface area contributed by atoms with Gasteiger partial charge in [0.15, 0.2) is 5.78 Å². The van der Waals surface area contributed by atoms with Gasteiger partial charge >= 0.3 is 0 Å². The van der Waals surface area contributed by atoms with E-state index in [4.69, 9.17) is 0 Å². The van der Waals surface area contributed by atoms with Crippen LogP contribution in [-0.4, -0.2) is 17.3 Å². The number of thioether (sulfide) groups is 1. The third-order valence-corrected chi connectivity index (χ3v) is 4.33. The quantitative estimate of drug-likeness (QED) is 0.529. The first-order chi connectivity index (χ1) is 7.20. The van der Waals surface area contributed by atoms with E-state index in [0.29, 0.717) is 12.2 Å². The average Bonchev–Trinajstić information content (AvgIpc) is 2.69.